The molecule has 3 rings (SSSR count). The summed E-state index contributed by atoms with van der Waals surface area (Å²) in [5, 5.41) is 0.474. The van der Waals surface area contributed by atoms with Gasteiger partial charge in [-0.1, -0.05) is 23.8 Å². The minimum absolute atomic E-state index is 0.168. The van der Waals surface area contributed by atoms with Crippen molar-refractivity contribution in [3.8, 4) is 0 Å². The van der Waals surface area contributed by atoms with Gasteiger partial charge in [-0.05, 0) is 0 Å². The molecule has 0 saturated carbocycles. The molecular formula is C8H6Cl2O3S. The third kappa shape index (κ3) is 0.818. The molecule has 0 radical (unpaired) electrons. The molecule has 4 atom stereocenters. The van der Waals surface area contributed by atoms with Crippen LogP contribution in [0.3, 0.4) is 0 Å². The highest BCUT2D eigenvalue weighted by Gasteiger charge is 2.66. The predicted molar refractivity (Wildman–Crippen MR) is 53.0 cm³/mol. The van der Waals surface area contributed by atoms with Gasteiger partial charge in [0.2, 0.25) is 0 Å². The fourth-order valence-corrected chi connectivity index (χ4v) is 5.59. The molecular weight excluding hydrogens is 247 g/mol. The second kappa shape index (κ2) is 2.38. The largest absolute Gasteiger partial charge is 0.363 e. The summed E-state index contributed by atoms with van der Waals surface area (Å²) in [7, 11) is -3.36. The molecule has 0 aromatic carbocycles. The second-order valence-electron chi connectivity index (χ2n) is 3.65. The summed E-state index contributed by atoms with van der Waals surface area (Å²) in [6, 6.07) is 0. The highest BCUT2D eigenvalue weighted by molar-refractivity contribution is 7.95. The number of ether oxygens (including phenoxy) is 1. The normalized spacial score (nSPS) is 52.1. The summed E-state index contributed by atoms with van der Waals surface area (Å²) < 4.78 is 28.8. The molecule has 0 amide bonds. The van der Waals surface area contributed by atoms with E-state index in [1.165, 1.54) is 0 Å². The fraction of sp³-hybridized carbons (Fsp3) is 0.500. The van der Waals surface area contributed by atoms with Crippen molar-refractivity contribution in [1.82, 2.24) is 0 Å². The molecule has 0 unspecified atom stereocenters. The van der Waals surface area contributed by atoms with Gasteiger partial charge in [-0.15, -0.1) is 11.6 Å². The first-order valence-electron chi connectivity index (χ1n) is 4.10. The van der Waals surface area contributed by atoms with Crippen molar-refractivity contribution < 1.29 is 13.2 Å². The molecule has 3 aliphatic rings. The zero-order chi connectivity index (χ0) is 10.1. The molecule has 0 N–H and O–H groups in total. The number of hydrogen-bond donors (Lipinski definition) is 0. The third-order valence-electron chi connectivity index (χ3n) is 2.89. The van der Waals surface area contributed by atoms with E-state index in [0.29, 0.717) is 0 Å². The van der Waals surface area contributed by atoms with Crippen molar-refractivity contribution in [2.45, 2.75) is 22.3 Å². The molecule has 0 aromatic rings. The highest BCUT2D eigenvalue weighted by atomic mass is 35.5. The average molecular weight is 253 g/mol. The Morgan fingerprint density at radius 3 is 2.79 bits per heavy atom. The van der Waals surface area contributed by atoms with Crippen LogP contribution in [-0.2, 0) is 14.6 Å². The lowest BCUT2D eigenvalue weighted by atomic mass is 9.93. The minimum Gasteiger partial charge on any atom is -0.363 e. The minimum atomic E-state index is -3.36. The van der Waals surface area contributed by atoms with Crippen molar-refractivity contribution in [2.75, 3.05) is 0 Å². The van der Waals surface area contributed by atoms with Crippen LogP contribution in [-0.4, -0.2) is 30.7 Å². The van der Waals surface area contributed by atoms with E-state index in [0.717, 1.165) is 5.41 Å². The van der Waals surface area contributed by atoms with Crippen LogP contribution >= 0.6 is 23.2 Å². The Morgan fingerprint density at radius 1 is 1.43 bits per heavy atom. The van der Waals surface area contributed by atoms with Gasteiger partial charge in [0.15, 0.2) is 9.84 Å². The molecule has 2 bridgehead atoms. The van der Waals surface area contributed by atoms with Crippen molar-refractivity contribution in [1.29, 1.82) is 0 Å². The van der Waals surface area contributed by atoms with Crippen LogP contribution < -0.4 is 0 Å². The maximum Gasteiger partial charge on any atom is 0.180 e. The van der Waals surface area contributed by atoms with Crippen LogP contribution in [0, 0.1) is 0 Å². The first kappa shape index (κ1) is 9.21. The van der Waals surface area contributed by atoms with Crippen molar-refractivity contribution in [2.24, 2.45) is 0 Å². The van der Waals surface area contributed by atoms with Gasteiger partial charge in [-0.3, -0.25) is 0 Å². The third-order valence-corrected chi connectivity index (χ3v) is 6.24. The Labute approximate surface area is 91.2 Å². The molecule has 3 nitrogen and oxygen atoms in total. The van der Waals surface area contributed by atoms with Crippen molar-refractivity contribution in [3.05, 3.63) is 22.6 Å². The molecule has 0 aromatic heterocycles. The number of hydrogen-bond acceptors (Lipinski definition) is 3. The summed E-state index contributed by atoms with van der Waals surface area (Å²) in [5.41, 5.74) is 0. The lowest BCUT2D eigenvalue weighted by molar-refractivity contribution is 0.116. The quantitative estimate of drug-likeness (QED) is 0.481. The smallest absolute Gasteiger partial charge is 0.180 e. The zero-order valence-corrected chi connectivity index (χ0v) is 9.18. The number of rotatable bonds is 0. The van der Waals surface area contributed by atoms with Crippen LogP contribution in [0.4, 0.5) is 0 Å². The Balaban J connectivity index is 2.27. The van der Waals surface area contributed by atoms with Crippen LogP contribution in [0.2, 0.25) is 0 Å². The summed E-state index contributed by atoms with van der Waals surface area (Å²) >= 11 is 12.1. The van der Waals surface area contributed by atoms with Crippen molar-refractivity contribution >= 4 is 33.0 Å². The molecule has 1 saturated heterocycles. The van der Waals surface area contributed by atoms with E-state index in [1.54, 1.807) is 12.2 Å². The molecule has 14 heavy (non-hydrogen) atoms. The molecule has 3 aliphatic heterocycles. The second-order valence-corrected chi connectivity index (χ2v) is 6.60. The summed E-state index contributed by atoms with van der Waals surface area (Å²) in [5.74, 6) is 0. The van der Waals surface area contributed by atoms with E-state index >= 15 is 0 Å². The van der Waals surface area contributed by atoms with E-state index in [1.807, 2.05) is 0 Å². The first-order chi connectivity index (χ1) is 6.46. The van der Waals surface area contributed by atoms with Crippen molar-refractivity contribution in [3.63, 3.8) is 0 Å². The van der Waals surface area contributed by atoms with E-state index in [2.05, 4.69) is 0 Å². The van der Waals surface area contributed by atoms with Gasteiger partial charge in [0.25, 0.3) is 0 Å². The molecule has 76 valence electrons. The van der Waals surface area contributed by atoms with Gasteiger partial charge in [0, 0.05) is 5.41 Å². The SMILES string of the molecule is O=S1(=O)C=C(Cl)[C@]2(Cl)[C@@H]3C=C[C@@H](O3)[C@@H]21. The number of halogens is 2. The van der Waals surface area contributed by atoms with Crippen LogP contribution in [0.25, 0.3) is 0 Å². The molecule has 1 fully saturated rings. The fourth-order valence-electron chi connectivity index (χ4n) is 2.29. The van der Waals surface area contributed by atoms with E-state index in [4.69, 9.17) is 27.9 Å². The van der Waals surface area contributed by atoms with Crippen LogP contribution in [0.15, 0.2) is 22.6 Å². The van der Waals surface area contributed by atoms with Gasteiger partial charge in [0.05, 0.1) is 11.1 Å². The van der Waals surface area contributed by atoms with Gasteiger partial charge in [0.1, 0.15) is 16.2 Å². The standard InChI is InChI=1S/C8H6Cl2O3S/c9-5-3-14(11,12)7-4-1-2-6(13-4)8(5,7)10/h1-4,6-7H/t4-,6+,7+,8+/m1/s1. The summed E-state index contributed by atoms with van der Waals surface area (Å²) in [4.78, 5) is -1.08. The monoisotopic (exact) mass is 252 g/mol. The van der Waals surface area contributed by atoms with Gasteiger partial charge in [-0.25, -0.2) is 8.42 Å². The van der Waals surface area contributed by atoms with Gasteiger partial charge >= 0.3 is 0 Å². The summed E-state index contributed by atoms with van der Waals surface area (Å²) in [6.07, 6.45) is 2.64. The maximum atomic E-state index is 11.7. The molecule has 0 spiro atoms. The van der Waals surface area contributed by atoms with E-state index < -0.39 is 32.2 Å². The Kier molecular flexibility index (Phi) is 1.56. The predicted octanol–water partition coefficient (Wildman–Crippen LogP) is 1.18. The molecule has 0 aliphatic carbocycles. The topological polar surface area (TPSA) is 43.4 Å². The van der Waals surface area contributed by atoms with Gasteiger partial charge in [-0.2, -0.15) is 0 Å². The highest BCUT2D eigenvalue weighted by Crippen LogP contribution is 2.55. The Morgan fingerprint density at radius 2 is 2.14 bits per heavy atom. The number of fused-ring (bicyclic) bond motifs is 5. The average Bonchev–Trinajstić information content (AvgIpc) is 2.64. The van der Waals surface area contributed by atoms with Crippen LogP contribution in [0.5, 0.6) is 0 Å². The van der Waals surface area contributed by atoms with Gasteiger partial charge < -0.3 is 4.74 Å². The first-order valence-corrected chi connectivity index (χ1v) is 6.47. The maximum absolute atomic E-state index is 11.7. The Hall–Kier alpha value is -0.0300. The molecule has 6 heteroatoms. The zero-order valence-electron chi connectivity index (χ0n) is 6.85. The Bertz CT molecular complexity index is 467. The molecule has 3 heterocycles. The number of alkyl halides is 1. The lowest BCUT2D eigenvalue weighted by Crippen LogP contribution is -2.44. The number of sulfone groups is 1. The summed E-state index contributed by atoms with van der Waals surface area (Å²) in [6.45, 7) is 0. The lowest BCUT2D eigenvalue weighted by Gasteiger charge is -2.26. The van der Waals surface area contributed by atoms with E-state index in [-0.39, 0.29) is 5.03 Å². The van der Waals surface area contributed by atoms with E-state index in [9.17, 15) is 8.42 Å². The van der Waals surface area contributed by atoms with Crippen LogP contribution in [0.1, 0.15) is 0 Å².